The normalized spacial score (nSPS) is 29.4. The highest BCUT2D eigenvalue weighted by Gasteiger charge is 2.31. The number of hydrogen-bond acceptors (Lipinski definition) is 1. The number of nitrogens with one attached hydrogen (secondary N) is 1. The van der Waals surface area contributed by atoms with Crippen LogP contribution in [0.3, 0.4) is 0 Å². The first kappa shape index (κ1) is 12.9. The van der Waals surface area contributed by atoms with Crippen LogP contribution in [0.5, 0.6) is 0 Å². The Morgan fingerprint density at radius 3 is 2.27 bits per heavy atom. The molecule has 0 aliphatic heterocycles. The fourth-order valence-electron chi connectivity index (χ4n) is 2.42. The van der Waals surface area contributed by atoms with E-state index in [9.17, 15) is 8.78 Å². The van der Waals surface area contributed by atoms with Crippen molar-refractivity contribution in [2.75, 3.05) is 6.54 Å². The van der Waals surface area contributed by atoms with Crippen LogP contribution in [0.2, 0.25) is 0 Å². The first-order valence-corrected chi connectivity index (χ1v) is 6.16. The van der Waals surface area contributed by atoms with E-state index in [2.05, 4.69) is 12.2 Å². The molecular formula is C12H23F2N. The van der Waals surface area contributed by atoms with Gasteiger partial charge in [-0.1, -0.05) is 26.7 Å². The smallest absolute Gasteiger partial charge is 0.253 e. The standard InChI is InChI=1S/C12H23F2N/c1-3-8-15-11(12(13)14)10-6-4-9(2)5-7-10/h9-12,15H,3-8H2,1-2H3. The molecule has 1 unspecified atom stereocenters. The van der Waals surface area contributed by atoms with Gasteiger partial charge in [0.2, 0.25) is 0 Å². The monoisotopic (exact) mass is 219 g/mol. The van der Waals surface area contributed by atoms with Crippen LogP contribution in [0, 0.1) is 11.8 Å². The fourth-order valence-corrected chi connectivity index (χ4v) is 2.42. The van der Waals surface area contributed by atoms with Gasteiger partial charge in [-0.25, -0.2) is 8.78 Å². The van der Waals surface area contributed by atoms with Gasteiger partial charge in [-0.3, -0.25) is 0 Å². The van der Waals surface area contributed by atoms with Crippen LogP contribution in [-0.4, -0.2) is 19.0 Å². The third-order valence-corrected chi connectivity index (χ3v) is 3.47. The Morgan fingerprint density at radius 2 is 1.80 bits per heavy atom. The van der Waals surface area contributed by atoms with E-state index in [0.717, 1.165) is 38.0 Å². The first-order chi connectivity index (χ1) is 7.15. The van der Waals surface area contributed by atoms with Crippen molar-refractivity contribution in [3.63, 3.8) is 0 Å². The van der Waals surface area contributed by atoms with E-state index in [1.165, 1.54) is 0 Å². The summed E-state index contributed by atoms with van der Waals surface area (Å²) in [7, 11) is 0. The zero-order chi connectivity index (χ0) is 11.3. The van der Waals surface area contributed by atoms with Crippen molar-refractivity contribution in [3.05, 3.63) is 0 Å². The number of halogens is 2. The molecule has 0 radical (unpaired) electrons. The van der Waals surface area contributed by atoms with E-state index in [1.807, 2.05) is 6.92 Å². The minimum atomic E-state index is -2.21. The van der Waals surface area contributed by atoms with Gasteiger partial charge in [0, 0.05) is 0 Å². The number of alkyl halides is 2. The third kappa shape index (κ3) is 4.06. The van der Waals surface area contributed by atoms with Crippen molar-refractivity contribution in [2.24, 2.45) is 11.8 Å². The van der Waals surface area contributed by atoms with Gasteiger partial charge in [0.1, 0.15) is 0 Å². The Labute approximate surface area is 91.6 Å². The molecule has 0 heterocycles. The van der Waals surface area contributed by atoms with E-state index in [-0.39, 0.29) is 5.92 Å². The summed E-state index contributed by atoms with van der Waals surface area (Å²) in [5, 5.41) is 3.00. The maximum absolute atomic E-state index is 12.8. The lowest BCUT2D eigenvalue weighted by molar-refractivity contribution is 0.0533. The molecule has 1 nitrogen and oxygen atoms in total. The van der Waals surface area contributed by atoms with Gasteiger partial charge >= 0.3 is 0 Å². The first-order valence-electron chi connectivity index (χ1n) is 6.16. The van der Waals surface area contributed by atoms with Gasteiger partial charge in [0.25, 0.3) is 6.43 Å². The summed E-state index contributed by atoms with van der Waals surface area (Å²) in [6.07, 6.45) is 2.87. The predicted molar refractivity (Wildman–Crippen MR) is 59.2 cm³/mol. The van der Waals surface area contributed by atoms with Crippen LogP contribution in [-0.2, 0) is 0 Å². The van der Waals surface area contributed by atoms with E-state index >= 15 is 0 Å². The summed E-state index contributed by atoms with van der Waals surface area (Å²) in [6, 6.07) is -0.572. The van der Waals surface area contributed by atoms with Gasteiger partial charge < -0.3 is 5.32 Å². The lowest BCUT2D eigenvalue weighted by Gasteiger charge is -2.32. The molecule has 90 valence electrons. The Morgan fingerprint density at radius 1 is 1.20 bits per heavy atom. The van der Waals surface area contributed by atoms with Crippen LogP contribution in [0.15, 0.2) is 0 Å². The van der Waals surface area contributed by atoms with Crippen molar-refractivity contribution in [1.29, 1.82) is 0 Å². The molecule has 1 atom stereocenters. The molecular weight excluding hydrogens is 196 g/mol. The van der Waals surface area contributed by atoms with Crippen molar-refractivity contribution < 1.29 is 8.78 Å². The second-order valence-electron chi connectivity index (χ2n) is 4.83. The van der Waals surface area contributed by atoms with Gasteiger partial charge in [-0.2, -0.15) is 0 Å². The summed E-state index contributed by atoms with van der Waals surface area (Å²) in [5.74, 6) is 0.915. The van der Waals surface area contributed by atoms with E-state index < -0.39 is 12.5 Å². The van der Waals surface area contributed by atoms with Crippen molar-refractivity contribution in [3.8, 4) is 0 Å². The van der Waals surface area contributed by atoms with Crippen molar-refractivity contribution in [1.82, 2.24) is 5.32 Å². The lowest BCUT2D eigenvalue weighted by Crippen LogP contribution is -2.43. The zero-order valence-corrected chi connectivity index (χ0v) is 9.81. The van der Waals surface area contributed by atoms with Crippen LogP contribution < -0.4 is 5.32 Å². The van der Waals surface area contributed by atoms with E-state index in [1.54, 1.807) is 0 Å². The van der Waals surface area contributed by atoms with Crippen LogP contribution in [0.25, 0.3) is 0 Å². The molecule has 1 fully saturated rings. The average Bonchev–Trinajstić information content (AvgIpc) is 2.21. The Kier molecular flexibility index (Phi) is 5.51. The van der Waals surface area contributed by atoms with Crippen molar-refractivity contribution in [2.45, 2.75) is 58.4 Å². The molecule has 1 N–H and O–H groups in total. The average molecular weight is 219 g/mol. The maximum atomic E-state index is 12.8. The summed E-state index contributed by atoms with van der Waals surface area (Å²) in [5.41, 5.74) is 0. The highest BCUT2D eigenvalue weighted by Crippen LogP contribution is 2.32. The van der Waals surface area contributed by atoms with Gasteiger partial charge in [0.05, 0.1) is 6.04 Å². The zero-order valence-electron chi connectivity index (χ0n) is 9.81. The summed E-state index contributed by atoms with van der Waals surface area (Å²) in [4.78, 5) is 0. The minimum Gasteiger partial charge on any atom is -0.309 e. The molecule has 1 aliphatic carbocycles. The van der Waals surface area contributed by atoms with Crippen LogP contribution in [0.1, 0.15) is 46.0 Å². The molecule has 0 saturated heterocycles. The molecule has 1 rings (SSSR count). The predicted octanol–water partition coefficient (Wildman–Crippen LogP) is 3.45. The number of rotatable bonds is 5. The maximum Gasteiger partial charge on any atom is 0.253 e. The second kappa shape index (κ2) is 6.41. The molecule has 1 saturated carbocycles. The van der Waals surface area contributed by atoms with Crippen LogP contribution in [0.4, 0.5) is 8.78 Å². The minimum absolute atomic E-state index is 0.188. The van der Waals surface area contributed by atoms with Gasteiger partial charge in [-0.15, -0.1) is 0 Å². The molecule has 3 heteroatoms. The number of hydrogen-bond donors (Lipinski definition) is 1. The summed E-state index contributed by atoms with van der Waals surface area (Å²) >= 11 is 0. The lowest BCUT2D eigenvalue weighted by atomic mass is 9.79. The Balaban J connectivity index is 2.41. The fraction of sp³-hybridized carbons (Fsp3) is 1.00. The largest absolute Gasteiger partial charge is 0.309 e. The quantitative estimate of drug-likeness (QED) is 0.746. The van der Waals surface area contributed by atoms with Crippen molar-refractivity contribution >= 4 is 0 Å². The Hall–Kier alpha value is -0.180. The van der Waals surface area contributed by atoms with Gasteiger partial charge in [-0.05, 0) is 37.6 Å². The molecule has 0 aromatic heterocycles. The molecule has 0 aromatic carbocycles. The molecule has 0 aromatic rings. The highest BCUT2D eigenvalue weighted by molar-refractivity contribution is 4.82. The summed E-state index contributed by atoms with van der Waals surface area (Å²) < 4.78 is 25.7. The Bertz CT molecular complexity index is 165. The van der Waals surface area contributed by atoms with Crippen LogP contribution >= 0.6 is 0 Å². The summed E-state index contributed by atoms with van der Waals surface area (Å²) in [6.45, 7) is 4.94. The third-order valence-electron chi connectivity index (χ3n) is 3.47. The van der Waals surface area contributed by atoms with Gasteiger partial charge in [0.15, 0.2) is 0 Å². The molecule has 0 spiro atoms. The topological polar surface area (TPSA) is 12.0 Å². The molecule has 1 aliphatic rings. The van der Waals surface area contributed by atoms with E-state index in [0.29, 0.717) is 6.54 Å². The molecule has 0 amide bonds. The molecule has 15 heavy (non-hydrogen) atoms. The van der Waals surface area contributed by atoms with E-state index in [4.69, 9.17) is 0 Å². The highest BCUT2D eigenvalue weighted by atomic mass is 19.3. The molecule has 0 bridgehead atoms. The second-order valence-corrected chi connectivity index (χ2v) is 4.83. The SMILES string of the molecule is CCCNC(C(F)F)C1CCC(C)CC1.